The maximum absolute atomic E-state index is 5.69. The van der Waals surface area contributed by atoms with Crippen LogP contribution in [0.15, 0.2) is 36.7 Å². The van der Waals surface area contributed by atoms with Crippen molar-refractivity contribution in [2.45, 2.75) is 13.5 Å². The molecule has 0 aliphatic carbocycles. The van der Waals surface area contributed by atoms with E-state index in [1.54, 1.807) is 12.4 Å². The summed E-state index contributed by atoms with van der Waals surface area (Å²) < 4.78 is 0. The highest BCUT2D eigenvalue weighted by atomic mass is 15.0. The molecule has 0 saturated heterocycles. The van der Waals surface area contributed by atoms with Crippen LogP contribution in [0.1, 0.15) is 11.3 Å². The summed E-state index contributed by atoms with van der Waals surface area (Å²) in [4.78, 5) is 8.41. The third-order valence-electron chi connectivity index (χ3n) is 2.33. The van der Waals surface area contributed by atoms with Crippen molar-refractivity contribution in [3.8, 4) is 0 Å². The summed E-state index contributed by atoms with van der Waals surface area (Å²) in [6.45, 7) is 2.63. The van der Waals surface area contributed by atoms with E-state index in [2.05, 4.69) is 15.3 Å². The molecule has 2 rings (SSSR count). The van der Waals surface area contributed by atoms with Gasteiger partial charge in [-0.2, -0.15) is 0 Å². The molecule has 82 valence electrons. The summed E-state index contributed by atoms with van der Waals surface area (Å²) in [5.41, 5.74) is 8.42. The van der Waals surface area contributed by atoms with Gasteiger partial charge in [-0.05, 0) is 30.7 Å². The van der Waals surface area contributed by atoms with Crippen molar-refractivity contribution in [1.29, 1.82) is 0 Å². The second-order valence-electron chi connectivity index (χ2n) is 3.60. The van der Waals surface area contributed by atoms with Crippen LogP contribution in [0.4, 0.5) is 11.5 Å². The first kappa shape index (κ1) is 10.4. The third-order valence-corrected chi connectivity index (χ3v) is 2.33. The van der Waals surface area contributed by atoms with Crippen molar-refractivity contribution in [3.63, 3.8) is 0 Å². The van der Waals surface area contributed by atoms with Crippen molar-refractivity contribution >= 4 is 11.5 Å². The Bertz CT molecular complexity index is 468. The first-order valence-corrected chi connectivity index (χ1v) is 5.11. The van der Waals surface area contributed by atoms with E-state index >= 15 is 0 Å². The molecule has 4 nitrogen and oxygen atoms in total. The zero-order valence-electron chi connectivity index (χ0n) is 9.14. The number of aryl methyl sites for hydroxylation is 1. The number of hydrogen-bond donors (Lipinski definition) is 2. The minimum absolute atomic E-state index is 0.664. The Kier molecular flexibility index (Phi) is 3.00. The molecule has 0 fully saturated rings. The minimum Gasteiger partial charge on any atom is -0.397 e. The fourth-order valence-electron chi connectivity index (χ4n) is 1.35. The van der Waals surface area contributed by atoms with E-state index in [4.69, 9.17) is 5.73 Å². The zero-order chi connectivity index (χ0) is 11.4. The van der Waals surface area contributed by atoms with E-state index in [1.807, 2.05) is 31.2 Å². The molecular formula is C12H14N4. The predicted octanol–water partition coefficient (Wildman–Crippen LogP) is 1.98. The average Bonchev–Trinajstić information content (AvgIpc) is 2.32. The van der Waals surface area contributed by atoms with Crippen molar-refractivity contribution in [2.75, 3.05) is 11.1 Å². The minimum atomic E-state index is 0.664. The van der Waals surface area contributed by atoms with Gasteiger partial charge in [-0.1, -0.05) is 6.07 Å². The van der Waals surface area contributed by atoms with Crippen LogP contribution in [-0.4, -0.2) is 9.97 Å². The number of rotatable bonds is 3. The smallest absolute Gasteiger partial charge is 0.126 e. The van der Waals surface area contributed by atoms with Gasteiger partial charge in [-0.15, -0.1) is 0 Å². The van der Waals surface area contributed by atoms with Crippen LogP contribution in [0.5, 0.6) is 0 Å². The molecule has 0 bridgehead atoms. The van der Waals surface area contributed by atoms with Crippen molar-refractivity contribution < 1.29 is 0 Å². The fraction of sp³-hybridized carbons (Fsp3) is 0.167. The van der Waals surface area contributed by atoms with Crippen LogP contribution in [0, 0.1) is 6.92 Å². The van der Waals surface area contributed by atoms with E-state index in [-0.39, 0.29) is 0 Å². The molecule has 16 heavy (non-hydrogen) atoms. The molecule has 0 atom stereocenters. The van der Waals surface area contributed by atoms with Gasteiger partial charge in [0.1, 0.15) is 5.82 Å². The lowest BCUT2D eigenvalue weighted by Crippen LogP contribution is -2.03. The highest BCUT2D eigenvalue weighted by Crippen LogP contribution is 2.13. The summed E-state index contributed by atoms with van der Waals surface area (Å²) in [6, 6.07) is 7.76. The Balaban J connectivity index is 2.03. The molecule has 4 heteroatoms. The Morgan fingerprint density at radius 1 is 1.31 bits per heavy atom. The number of aromatic nitrogens is 2. The summed E-state index contributed by atoms with van der Waals surface area (Å²) in [6.07, 6.45) is 3.44. The van der Waals surface area contributed by atoms with E-state index < -0.39 is 0 Å². The van der Waals surface area contributed by atoms with Gasteiger partial charge in [0.25, 0.3) is 0 Å². The predicted molar refractivity (Wildman–Crippen MR) is 65.0 cm³/mol. The zero-order valence-corrected chi connectivity index (χ0v) is 9.14. The summed E-state index contributed by atoms with van der Waals surface area (Å²) in [5, 5.41) is 3.20. The van der Waals surface area contributed by atoms with Gasteiger partial charge in [-0.3, -0.25) is 4.98 Å². The topological polar surface area (TPSA) is 63.8 Å². The van der Waals surface area contributed by atoms with Gasteiger partial charge in [0.05, 0.1) is 24.1 Å². The number of hydrogen-bond acceptors (Lipinski definition) is 4. The first-order chi connectivity index (χ1) is 7.75. The molecule has 2 heterocycles. The maximum Gasteiger partial charge on any atom is 0.126 e. The standard InChI is InChI=1S/C12H14N4/c1-9-6-12(16-8-11(9)13)15-7-10-4-2-3-5-14-10/h2-6,8H,7,13H2,1H3,(H,15,16). The van der Waals surface area contributed by atoms with Crippen LogP contribution < -0.4 is 11.1 Å². The van der Waals surface area contributed by atoms with Crippen molar-refractivity contribution in [1.82, 2.24) is 9.97 Å². The number of anilines is 2. The number of nitrogens with one attached hydrogen (secondary N) is 1. The molecule has 0 spiro atoms. The molecule has 2 aromatic heterocycles. The van der Waals surface area contributed by atoms with Gasteiger partial charge in [0, 0.05) is 6.20 Å². The Morgan fingerprint density at radius 3 is 2.88 bits per heavy atom. The molecule has 0 saturated carbocycles. The van der Waals surface area contributed by atoms with Crippen LogP contribution in [-0.2, 0) is 6.54 Å². The molecule has 0 amide bonds. The van der Waals surface area contributed by atoms with Crippen molar-refractivity contribution in [2.24, 2.45) is 0 Å². The largest absolute Gasteiger partial charge is 0.397 e. The highest BCUT2D eigenvalue weighted by molar-refractivity contribution is 5.50. The monoisotopic (exact) mass is 214 g/mol. The molecule has 2 aromatic rings. The second-order valence-corrected chi connectivity index (χ2v) is 3.60. The highest BCUT2D eigenvalue weighted by Gasteiger charge is 1.98. The summed E-state index contributed by atoms with van der Waals surface area (Å²) in [5.74, 6) is 0.817. The molecular weight excluding hydrogens is 200 g/mol. The number of pyridine rings is 2. The van der Waals surface area contributed by atoms with Gasteiger partial charge in [0.2, 0.25) is 0 Å². The quantitative estimate of drug-likeness (QED) is 0.820. The van der Waals surface area contributed by atoms with Gasteiger partial charge in [-0.25, -0.2) is 4.98 Å². The van der Waals surface area contributed by atoms with Crippen LogP contribution in [0.25, 0.3) is 0 Å². The van der Waals surface area contributed by atoms with Gasteiger partial charge in [0.15, 0.2) is 0 Å². The number of nitrogens with two attached hydrogens (primary N) is 1. The lowest BCUT2D eigenvalue weighted by atomic mass is 10.2. The van der Waals surface area contributed by atoms with Crippen LogP contribution in [0.2, 0.25) is 0 Å². The van der Waals surface area contributed by atoms with E-state index in [0.29, 0.717) is 12.2 Å². The third kappa shape index (κ3) is 2.48. The lowest BCUT2D eigenvalue weighted by molar-refractivity contribution is 1.03. The summed E-state index contributed by atoms with van der Waals surface area (Å²) in [7, 11) is 0. The van der Waals surface area contributed by atoms with E-state index in [9.17, 15) is 0 Å². The normalized spacial score (nSPS) is 10.1. The number of nitrogens with zero attached hydrogens (tertiary/aromatic N) is 2. The van der Waals surface area contributed by atoms with Gasteiger partial charge >= 0.3 is 0 Å². The molecule has 0 aliphatic heterocycles. The van der Waals surface area contributed by atoms with E-state index in [0.717, 1.165) is 17.1 Å². The Morgan fingerprint density at radius 2 is 2.19 bits per heavy atom. The maximum atomic E-state index is 5.69. The number of nitrogen functional groups attached to an aromatic ring is 1. The van der Waals surface area contributed by atoms with Crippen LogP contribution >= 0.6 is 0 Å². The van der Waals surface area contributed by atoms with E-state index in [1.165, 1.54) is 0 Å². The molecule has 0 aromatic carbocycles. The molecule has 0 unspecified atom stereocenters. The van der Waals surface area contributed by atoms with Crippen molar-refractivity contribution in [3.05, 3.63) is 47.9 Å². The molecule has 3 N–H and O–H groups in total. The van der Waals surface area contributed by atoms with Crippen LogP contribution in [0.3, 0.4) is 0 Å². The lowest BCUT2D eigenvalue weighted by Gasteiger charge is -2.06. The first-order valence-electron chi connectivity index (χ1n) is 5.11. The molecule has 0 aliphatic rings. The second kappa shape index (κ2) is 4.61. The van der Waals surface area contributed by atoms with Gasteiger partial charge < -0.3 is 11.1 Å². The SMILES string of the molecule is Cc1cc(NCc2ccccn2)ncc1N. The summed E-state index contributed by atoms with van der Waals surface area (Å²) >= 11 is 0. The Hall–Kier alpha value is -2.10. The average molecular weight is 214 g/mol. The molecule has 0 radical (unpaired) electrons. The Labute approximate surface area is 94.5 Å². The fourth-order valence-corrected chi connectivity index (χ4v) is 1.35.